The number of nitrogen functional groups attached to an aromatic ring is 1. The highest BCUT2D eigenvalue weighted by molar-refractivity contribution is 6.13. The van der Waals surface area contributed by atoms with E-state index >= 15 is 0 Å². The predicted octanol–water partition coefficient (Wildman–Crippen LogP) is 1.63. The highest BCUT2D eigenvalue weighted by Crippen LogP contribution is 2.29. The van der Waals surface area contributed by atoms with Gasteiger partial charge in [0.25, 0.3) is 5.91 Å². The van der Waals surface area contributed by atoms with Crippen LogP contribution in [-0.2, 0) is 4.79 Å². The summed E-state index contributed by atoms with van der Waals surface area (Å²) < 4.78 is 1.64. The summed E-state index contributed by atoms with van der Waals surface area (Å²) in [5.74, 6) is -0.358. The number of nitrogens with two attached hydrogens (primary N) is 1. The Kier molecular flexibility index (Phi) is 4.82. The molecule has 1 saturated heterocycles. The smallest absolute Gasteiger partial charge is 0.277 e. The van der Waals surface area contributed by atoms with Gasteiger partial charge in [0.05, 0.1) is 11.4 Å². The van der Waals surface area contributed by atoms with Crippen molar-refractivity contribution in [2.45, 2.75) is 19.4 Å². The molecular formula is C20H21N7O3. The van der Waals surface area contributed by atoms with Crippen LogP contribution in [0.15, 0.2) is 37.2 Å². The molecule has 0 bridgehead atoms. The lowest BCUT2D eigenvalue weighted by Gasteiger charge is -2.14. The third-order valence-electron chi connectivity index (χ3n) is 5.19. The highest BCUT2D eigenvalue weighted by atomic mass is 16.3. The number of hydrogen-bond acceptors (Lipinski definition) is 7. The molecular weight excluding hydrogens is 386 g/mol. The summed E-state index contributed by atoms with van der Waals surface area (Å²) >= 11 is 0. The van der Waals surface area contributed by atoms with E-state index in [2.05, 4.69) is 27.0 Å². The van der Waals surface area contributed by atoms with E-state index in [1.54, 1.807) is 28.6 Å². The summed E-state index contributed by atoms with van der Waals surface area (Å²) in [6.45, 7) is 6.29. The second kappa shape index (κ2) is 7.47. The van der Waals surface area contributed by atoms with E-state index in [1.165, 1.54) is 18.5 Å². The van der Waals surface area contributed by atoms with Crippen molar-refractivity contribution in [2.75, 3.05) is 24.1 Å². The molecule has 4 rings (SSSR count). The molecule has 1 aliphatic rings. The number of carbonyl (C=O) groups excluding carboxylic acids is 2. The number of amides is 2. The van der Waals surface area contributed by atoms with Crippen molar-refractivity contribution in [2.24, 2.45) is 0 Å². The van der Waals surface area contributed by atoms with Gasteiger partial charge in [-0.25, -0.2) is 14.6 Å². The summed E-state index contributed by atoms with van der Waals surface area (Å²) in [7, 11) is 0. The van der Waals surface area contributed by atoms with Gasteiger partial charge in [0.1, 0.15) is 17.9 Å². The van der Waals surface area contributed by atoms with Crippen molar-refractivity contribution in [1.29, 1.82) is 0 Å². The van der Waals surface area contributed by atoms with Gasteiger partial charge in [-0.1, -0.05) is 6.58 Å². The number of aromatic hydroxyl groups is 1. The zero-order valence-electron chi connectivity index (χ0n) is 16.4. The van der Waals surface area contributed by atoms with Crippen LogP contribution < -0.4 is 11.1 Å². The normalized spacial score (nSPS) is 16.0. The molecule has 4 N–H and O–H groups in total. The molecule has 1 aromatic carbocycles. The molecule has 0 unspecified atom stereocenters. The number of anilines is 2. The second-order valence-corrected chi connectivity index (χ2v) is 7.13. The molecule has 3 heterocycles. The lowest BCUT2D eigenvalue weighted by atomic mass is 10.2. The topological polar surface area (TPSA) is 139 Å². The largest absolute Gasteiger partial charge is 0.508 e. The fourth-order valence-corrected chi connectivity index (χ4v) is 3.65. The molecule has 0 aliphatic carbocycles. The zero-order chi connectivity index (χ0) is 21.4. The van der Waals surface area contributed by atoms with Crippen LogP contribution >= 0.6 is 0 Å². The van der Waals surface area contributed by atoms with Gasteiger partial charge in [-0.2, -0.15) is 5.10 Å². The maximum absolute atomic E-state index is 13.0. The van der Waals surface area contributed by atoms with Crippen molar-refractivity contribution >= 4 is 34.4 Å². The Morgan fingerprint density at radius 3 is 2.90 bits per heavy atom. The first-order chi connectivity index (χ1) is 14.4. The Morgan fingerprint density at radius 1 is 1.37 bits per heavy atom. The Hall–Kier alpha value is -3.95. The zero-order valence-corrected chi connectivity index (χ0v) is 16.4. The third-order valence-corrected chi connectivity index (χ3v) is 5.19. The van der Waals surface area contributed by atoms with Crippen molar-refractivity contribution < 1.29 is 14.7 Å². The summed E-state index contributed by atoms with van der Waals surface area (Å²) in [6, 6.07) is 4.49. The number of phenols is 1. The minimum Gasteiger partial charge on any atom is -0.508 e. The molecule has 0 radical (unpaired) electrons. The van der Waals surface area contributed by atoms with Crippen LogP contribution in [0.5, 0.6) is 5.75 Å². The van der Waals surface area contributed by atoms with Crippen molar-refractivity contribution in [3.8, 4) is 5.75 Å². The van der Waals surface area contributed by atoms with Gasteiger partial charge in [-0.15, -0.1) is 0 Å². The van der Waals surface area contributed by atoms with E-state index in [-0.39, 0.29) is 29.2 Å². The van der Waals surface area contributed by atoms with Gasteiger partial charge in [0.2, 0.25) is 5.91 Å². The number of rotatable bonds is 4. The van der Waals surface area contributed by atoms with E-state index in [1.807, 2.05) is 0 Å². The van der Waals surface area contributed by atoms with Crippen LogP contribution in [0, 0.1) is 6.92 Å². The van der Waals surface area contributed by atoms with Gasteiger partial charge >= 0.3 is 0 Å². The van der Waals surface area contributed by atoms with Crippen LogP contribution in [0.4, 0.5) is 11.5 Å². The van der Waals surface area contributed by atoms with Gasteiger partial charge in [0.15, 0.2) is 11.3 Å². The number of likely N-dealkylation sites (tertiary alicyclic amines) is 1. The van der Waals surface area contributed by atoms with E-state index in [0.717, 1.165) is 0 Å². The standard InChI is InChI=1S/C20H21N7O3/c1-3-15(29)26-7-6-12(9-26)27-19-16(18(21)22-10-23-19)17(25-27)20(30)24-14-5-4-13(28)8-11(14)2/h3-5,8,10,12,28H,1,6-7,9H2,2H3,(H,24,30)(H2,21,22,23)/t12-/m1/s1. The van der Waals surface area contributed by atoms with E-state index in [0.29, 0.717) is 41.8 Å². The minimum atomic E-state index is -0.467. The SMILES string of the molecule is C=CC(=O)N1CC[C@@H](n2nc(C(=O)Nc3ccc(O)cc3C)c3c(N)ncnc32)C1. The molecule has 10 nitrogen and oxygen atoms in total. The first kappa shape index (κ1) is 19.4. The molecule has 1 aliphatic heterocycles. The monoisotopic (exact) mass is 407 g/mol. The molecule has 30 heavy (non-hydrogen) atoms. The van der Waals surface area contributed by atoms with Crippen LogP contribution in [-0.4, -0.2) is 54.7 Å². The predicted molar refractivity (Wildman–Crippen MR) is 111 cm³/mol. The molecule has 2 aromatic heterocycles. The van der Waals surface area contributed by atoms with Crippen molar-refractivity contribution in [3.05, 3.63) is 48.4 Å². The number of benzene rings is 1. The van der Waals surface area contributed by atoms with E-state index in [4.69, 9.17) is 5.73 Å². The van der Waals surface area contributed by atoms with E-state index < -0.39 is 5.91 Å². The average Bonchev–Trinajstić information content (AvgIpc) is 3.35. The van der Waals surface area contributed by atoms with Crippen LogP contribution in [0.25, 0.3) is 11.0 Å². The number of aromatic nitrogens is 4. The van der Waals surface area contributed by atoms with Gasteiger partial charge < -0.3 is 21.1 Å². The maximum atomic E-state index is 13.0. The number of hydrogen-bond donors (Lipinski definition) is 3. The first-order valence-corrected chi connectivity index (χ1v) is 9.40. The Morgan fingerprint density at radius 2 is 2.17 bits per heavy atom. The lowest BCUT2D eigenvalue weighted by molar-refractivity contribution is -0.125. The van der Waals surface area contributed by atoms with E-state index in [9.17, 15) is 14.7 Å². The fourth-order valence-electron chi connectivity index (χ4n) is 3.65. The van der Waals surface area contributed by atoms with Crippen LogP contribution in [0.3, 0.4) is 0 Å². The molecule has 3 aromatic rings. The Labute approximate surface area is 172 Å². The number of aryl methyl sites for hydroxylation is 1. The number of nitrogens with one attached hydrogen (secondary N) is 1. The molecule has 10 heteroatoms. The molecule has 1 atom stereocenters. The van der Waals surface area contributed by atoms with Crippen molar-refractivity contribution in [1.82, 2.24) is 24.6 Å². The number of phenolic OH excluding ortho intramolecular Hbond substituents is 1. The number of fused-ring (bicyclic) bond motifs is 1. The highest BCUT2D eigenvalue weighted by Gasteiger charge is 2.31. The van der Waals surface area contributed by atoms with Crippen molar-refractivity contribution in [3.63, 3.8) is 0 Å². The van der Waals surface area contributed by atoms with Gasteiger partial charge in [-0.05, 0) is 43.2 Å². The summed E-state index contributed by atoms with van der Waals surface area (Å²) in [4.78, 5) is 34.9. The van der Waals surface area contributed by atoms with Gasteiger partial charge in [-0.3, -0.25) is 9.59 Å². The molecule has 2 amide bonds. The maximum Gasteiger partial charge on any atom is 0.277 e. The molecule has 1 fully saturated rings. The minimum absolute atomic E-state index is 0.101. The van der Waals surface area contributed by atoms with Gasteiger partial charge in [0, 0.05) is 18.8 Å². The second-order valence-electron chi connectivity index (χ2n) is 7.13. The molecule has 154 valence electrons. The molecule has 0 spiro atoms. The molecule has 0 saturated carbocycles. The van der Waals surface area contributed by atoms with Crippen LogP contribution in [0.2, 0.25) is 0 Å². The number of carbonyl (C=O) groups is 2. The lowest BCUT2D eigenvalue weighted by Crippen LogP contribution is -2.27. The Bertz CT molecular complexity index is 1170. The Balaban J connectivity index is 1.71. The first-order valence-electron chi connectivity index (χ1n) is 9.40. The van der Waals surface area contributed by atoms with Crippen LogP contribution in [0.1, 0.15) is 28.5 Å². The fraction of sp³-hybridized carbons (Fsp3) is 0.250. The summed E-state index contributed by atoms with van der Waals surface area (Å²) in [5, 5.41) is 17.2. The third kappa shape index (κ3) is 3.32. The summed E-state index contributed by atoms with van der Waals surface area (Å²) in [6.07, 6.45) is 3.27. The average molecular weight is 407 g/mol. The number of nitrogens with zero attached hydrogens (tertiary/aromatic N) is 5. The quantitative estimate of drug-likeness (QED) is 0.441. The summed E-state index contributed by atoms with van der Waals surface area (Å²) in [5.41, 5.74) is 7.83.